The Morgan fingerprint density at radius 2 is 2.19 bits per heavy atom. The van der Waals surface area contributed by atoms with Gasteiger partial charge in [0.25, 0.3) is 0 Å². The molecule has 16 heavy (non-hydrogen) atoms. The molecule has 0 aromatic carbocycles. The Bertz CT molecular complexity index is 249. The number of ether oxygens (including phenoxy) is 1. The minimum atomic E-state index is -0.814. The van der Waals surface area contributed by atoms with Gasteiger partial charge in [-0.05, 0) is 38.1 Å². The van der Waals surface area contributed by atoms with Gasteiger partial charge in [-0.2, -0.15) is 0 Å². The van der Waals surface area contributed by atoms with Gasteiger partial charge < -0.3 is 9.84 Å². The molecule has 2 heterocycles. The molecule has 0 saturated carbocycles. The number of carbonyl (C=O) groups is 1. The lowest BCUT2D eigenvalue weighted by Crippen LogP contribution is -2.48. The summed E-state index contributed by atoms with van der Waals surface area (Å²) in [6.45, 7) is 5.17. The zero-order valence-corrected chi connectivity index (χ0v) is 9.89. The molecule has 3 unspecified atom stereocenters. The molecule has 4 heteroatoms. The van der Waals surface area contributed by atoms with Crippen molar-refractivity contribution in [3.05, 3.63) is 0 Å². The van der Waals surface area contributed by atoms with Gasteiger partial charge >= 0.3 is 5.97 Å². The van der Waals surface area contributed by atoms with Crippen LogP contribution < -0.4 is 0 Å². The van der Waals surface area contributed by atoms with Gasteiger partial charge in [0.15, 0.2) is 6.10 Å². The van der Waals surface area contributed by atoms with Crippen LogP contribution in [0.1, 0.15) is 32.6 Å². The number of likely N-dealkylation sites (tertiary alicyclic amines) is 1. The van der Waals surface area contributed by atoms with Crippen molar-refractivity contribution >= 4 is 5.97 Å². The fourth-order valence-electron chi connectivity index (χ4n) is 2.78. The molecule has 0 amide bonds. The minimum Gasteiger partial charge on any atom is -0.479 e. The predicted octanol–water partition coefficient (Wildman–Crippen LogP) is 1.35. The molecule has 3 atom stereocenters. The third-order valence-electron chi connectivity index (χ3n) is 3.73. The lowest BCUT2D eigenvalue weighted by Gasteiger charge is -2.39. The first-order valence-corrected chi connectivity index (χ1v) is 6.25. The molecule has 92 valence electrons. The summed E-state index contributed by atoms with van der Waals surface area (Å²) in [5.41, 5.74) is 0. The van der Waals surface area contributed by atoms with Crippen LogP contribution in [0.15, 0.2) is 0 Å². The Labute approximate surface area is 96.6 Å². The van der Waals surface area contributed by atoms with Crippen molar-refractivity contribution in [2.24, 2.45) is 5.92 Å². The molecule has 0 bridgehead atoms. The van der Waals surface area contributed by atoms with E-state index in [0.717, 1.165) is 25.4 Å². The lowest BCUT2D eigenvalue weighted by atomic mass is 9.96. The summed E-state index contributed by atoms with van der Waals surface area (Å²) in [7, 11) is 0. The minimum absolute atomic E-state index is 0.443. The van der Waals surface area contributed by atoms with Gasteiger partial charge in [-0.3, -0.25) is 4.90 Å². The van der Waals surface area contributed by atoms with Gasteiger partial charge in [0, 0.05) is 12.6 Å². The number of hydrogen-bond donors (Lipinski definition) is 1. The van der Waals surface area contributed by atoms with Crippen molar-refractivity contribution in [1.82, 2.24) is 4.90 Å². The van der Waals surface area contributed by atoms with Crippen molar-refractivity contribution in [2.45, 2.75) is 44.8 Å². The number of nitrogens with zero attached hydrogens (tertiary/aromatic N) is 1. The first kappa shape index (κ1) is 11.9. The third kappa shape index (κ3) is 2.74. The van der Waals surface area contributed by atoms with E-state index in [1.165, 1.54) is 12.8 Å². The molecule has 2 rings (SSSR count). The maximum atomic E-state index is 10.8. The highest BCUT2D eigenvalue weighted by molar-refractivity contribution is 5.72. The van der Waals surface area contributed by atoms with E-state index in [2.05, 4.69) is 11.8 Å². The molecule has 0 radical (unpaired) electrons. The molecule has 2 aliphatic rings. The average molecular weight is 227 g/mol. The van der Waals surface area contributed by atoms with Gasteiger partial charge in [-0.25, -0.2) is 4.79 Å². The summed E-state index contributed by atoms with van der Waals surface area (Å²) < 4.78 is 5.40. The number of rotatable bonds is 2. The molecule has 4 nitrogen and oxygen atoms in total. The fourth-order valence-corrected chi connectivity index (χ4v) is 2.78. The Morgan fingerprint density at radius 1 is 1.38 bits per heavy atom. The van der Waals surface area contributed by atoms with Crippen molar-refractivity contribution in [3.63, 3.8) is 0 Å². The lowest BCUT2D eigenvalue weighted by molar-refractivity contribution is -0.156. The summed E-state index contributed by atoms with van der Waals surface area (Å²) in [6.07, 6.45) is 3.63. The van der Waals surface area contributed by atoms with Gasteiger partial charge in [-0.1, -0.05) is 6.92 Å². The normalized spacial score (nSPS) is 37.2. The Hall–Kier alpha value is -0.610. The number of aliphatic carboxylic acids is 1. The van der Waals surface area contributed by atoms with Crippen LogP contribution in [0.5, 0.6) is 0 Å². The van der Waals surface area contributed by atoms with Crippen LogP contribution in [0.25, 0.3) is 0 Å². The number of carboxylic acid groups (broad SMARTS) is 1. The molecular weight excluding hydrogens is 206 g/mol. The smallest absolute Gasteiger partial charge is 0.332 e. The summed E-state index contributed by atoms with van der Waals surface area (Å²) in [5.74, 6) is -0.0450. The topological polar surface area (TPSA) is 49.8 Å². The molecule has 1 N–H and O–H groups in total. The van der Waals surface area contributed by atoms with Crippen LogP contribution in [-0.2, 0) is 9.53 Å². The van der Waals surface area contributed by atoms with Gasteiger partial charge in [0.1, 0.15) is 0 Å². The fraction of sp³-hybridized carbons (Fsp3) is 0.917. The van der Waals surface area contributed by atoms with Crippen LogP contribution in [0.4, 0.5) is 0 Å². The second kappa shape index (κ2) is 5.15. The van der Waals surface area contributed by atoms with E-state index in [1.54, 1.807) is 0 Å². The number of piperidine rings is 1. The summed E-state index contributed by atoms with van der Waals surface area (Å²) in [6, 6.07) is 0.443. The summed E-state index contributed by atoms with van der Waals surface area (Å²) >= 11 is 0. The average Bonchev–Trinajstić information content (AvgIpc) is 2.29. The van der Waals surface area contributed by atoms with Crippen LogP contribution >= 0.6 is 0 Å². The Morgan fingerprint density at radius 3 is 2.75 bits per heavy atom. The van der Waals surface area contributed by atoms with E-state index in [-0.39, 0.29) is 0 Å². The van der Waals surface area contributed by atoms with Crippen LogP contribution in [0.3, 0.4) is 0 Å². The maximum absolute atomic E-state index is 10.8. The van der Waals surface area contributed by atoms with Gasteiger partial charge in [0.05, 0.1) is 6.61 Å². The van der Waals surface area contributed by atoms with E-state index in [1.807, 2.05) is 0 Å². The molecule has 0 aliphatic carbocycles. The molecule has 0 spiro atoms. The van der Waals surface area contributed by atoms with Crippen LogP contribution in [-0.4, -0.2) is 47.8 Å². The molecule has 2 aliphatic heterocycles. The van der Waals surface area contributed by atoms with Crippen LogP contribution in [0, 0.1) is 5.92 Å². The zero-order valence-electron chi connectivity index (χ0n) is 9.89. The van der Waals surface area contributed by atoms with Crippen LogP contribution in [0.2, 0.25) is 0 Å². The van der Waals surface area contributed by atoms with Gasteiger partial charge in [-0.15, -0.1) is 0 Å². The highest BCUT2D eigenvalue weighted by Gasteiger charge is 2.31. The molecule has 0 aromatic heterocycles. The highest BCUT2D eigenvalue weighted by Crippen LogP contribution is 2.23. The quantitative estimate of drug-likeness (QED) is 0.773. The van der Waals surface area contributed by atoms with E-state index in [0.29, 0.717) is 19.1 Å². The van der Waals surface area contributed by atoms with E-state index < -0.39 is 12.1 Å². The summed E-state index contributed by atoms with van der Waals surface area (Å²) in [4.78, 5) is 13.2. The maximum Gasteiger partial charge on any atom is 0.332 e. The second-order valence-corrected chi connectivity index (χ2v) is 5.13. The summed E-state index contributed by atoms with van der Waals surface area (Å²) in [5, 5.41) is 8.84. The largest absolute Gasteiger partial charge is 0.479 e. The van der Waals surface area contributed by atoms with Crippen molar-refractivity contribution in [1.29, 1.82) is 0 Å². The monoisotopic (exact) mass is 227 g/mol. The first-order valence-electron chi connectivity index (χ1n) is 6.25. The van der Waals surface area contributed by atoms with Crippen molar-refractivity contribution < 1.29 is 14.6 Å². The van der Waals surface area contributed by atoms with Crippen molar-refractivity contribution in [2.75, 3.05) is 19.7 Å². The first-order chi connectivity index (χ1) is 7.66. The predicted molar refractivity (Wildman–Crippen MR) is 60.4 cm³/mol. The van der Waals surface area contributed by atoms with Crippen molar-refractivity contribution in [3.8, 4) is 0 Å². The molecule has 2 fully saturated rings. The zero-order chi connectivity index (χ0) is 11.5. The molecule has 0 aromatic rings. The third-order valence-corrected chi connectivity index (χ3v) is 3.73. The Balaban J connectivity index is 1.81. The second-order valence-electron chi connectivity index (χ2n) is 5.13. The van der Waals surface area contributed by atoms with E-state index in [9.17, 15) is 4.79 Å². The van der Waals surface area contributed by atoms with E-state index in [4.69, 9.17) is 9.84 Å². The molecule has 2 saturated heterocycles. The van der Waals surface area contributed by atoms with Gasteiger partial charge in [0.2, 0.25) is 0 Å². The van der Waals surface area contributed by atoms with E-state index >= 15 is 0 Å². The SMILES string of the molecule is CC1CCCN(C2CCC(C(=O)O)OC2)C1. The highest BCUT2D eigenvalue weighted by atomic mass is 16.5. The Kier molecular flexibility index (Phi) is 3.82. The number of hydrogen-bond acceptors (Lipinski definition) is 3. The standard InChI is InChI=1S/C12H21NO3/c1-9-3-2-6-13(7-9)10-4-5-11(12(14)15)16-8-10/h9-11H,2-8H2,1H3,(H,14,15). The molecular formula is C12H21NO3. The number of carboxylic acids is 1.